The van der Waals surface area contributed by atoms with Crippen LogP contribution >= 0.6 is 23.2 Å². The van der Waals surface area contributed by atoms with Crippen LogP contribution in [0.3, 0.4) is 0 Å². The van der Waals surface area contributed by atoms with Gasteiger partial charge in [0.1, 0.15) is 5.82 Å². The summed E-state index contributed by atoms with van der Waals surface area (Å²) in [7, 11) is 0. The van der Waals surface area contributed by atoms with Gasteiger partial charge in [-0.05, 0) is 36.8 Å². The molecule has 1 fully saturated rings. The van der Waals surface area contributed by atoms with Crippen LogP contribution in [0, 0.1) is 5.92 Å². The van der Waals surface area contributed by atoms with Gasteiger partial charge in [-0.25, -0.2) is 4.98 Å². The Labute approximate surface area is 113 Å². The van der Waals surface area contributed by atoms with Crippen LogP contribution in [0.15, 0.2) is 12.3 Å². The fraction of sp³-hybridized carbons (Fsp3) is 0.615. The fourth-order valence-electron chi connectivity index (χ4n) is 2.24. The van der Waals surface area contributed by atoms with E-state index in [4.69, 9.17) is 23.2 Å². The maximum atomic E-state index is 6.03. The van der Waals surface area contributed by atoms with Crippen LogP contribution in [-0.4, -0.2) is 18.1 Å². The summed E-state index contributed by atoms with van der Waals surface area (Å²) in [5, 5.41) is 0.659. The monoisotopic (exact) mass is 272 g/mol. The lowest BCUT2D eigenvalue weighted by atomic mass is 10.0. The second-order valence-electron chi connectivity index (χ2n) is 4.79. The molecule has 0 aromatic carbocycles. The Morgan fingerprint density at radius 3 is 3.00 bits per heavy atom. The van der Waals surface area contributed by atoms with Crippen molar-refractivity contribution in [1.82, 2.24) is 4.98 Å². The largest absolute Gasteiger partial charge is 0.357 e. The zero-order valence-electron chi connectivity index (χ0n) is 10.1. The van der Waals surface area contributed by atoms with Crippen LogP contribution in [-0.2, 0) is 5.88 Å². The molecule has 2 nitrogen and oxygen atoms in total. The first kappa shape index (κ1) is 13.0. The predicted molar refractivity (Wildman–Crippen MR) is 74.0 cm³/mol. The van der Waals surface area contributed by atoms with Gasteiger partial charge in [-0.3, -0.25) is 0 Å². The van der Waals surface area contributed by atoms with E-state index >= 15 is 0 Å². The van der Waals surface area contributed by atoms with Crippen LogP contribution in [0.5, 0.6) is 0 Å². The average molecular weight is 273 g/mol. The summed E-state index contributed by atoms with van der Waals surface area (Å²) in [6, 6.07) is 2.02. The van der Waals surface area contributed by atoms with Gasteiger partial charge in [-0.2, -0.15) is 0 Å². The number of pyridine rings is 1. The molecule has 0 radical (unpaired) electrons. The van der Waals surface area contributed by atoms with Gasteiger partial charge in [0.2, 0.25) is 0 Å². The molecule has 1 aliphatic heterocycles. The number of aromatic nitrogens is 1. The summed E-state index contributed by atoms with van der Waals surface area (Å²) in [6.45, 7) is 4.49. The molecule has 2 heterocycles. The second kappa shape index (κ2) is 5.92. The van der Waals surface area contributed by atoms with Gasteiger partial charge in [-0.1, -0.05) is 18.5 Å². The van der Waals surface area contributed by atoms with Crippen LogP contribution in [0.25, 0.3) is 0 Å². The van der Waals surface area contributed by atoms with Gasteiger partial charge in [0.05, 0.1) is 5.02 Å². The van der Waals surface area contributed by atoms with E-state index in [9.17, 15) is 0 Å². The first-order chi connectivity index (χ1) is 8.20. The lowest BCUT2D eigenvalue weighted by Gasteiger charge is -2.22. The van der Waals surface area contributed by atoms with E-state index in [0.29, 0.717) is 10.9 Å². The molecule has 0 saturated carbocycles. The molecule has 1 saturated heterocycles. The summed E-state index contributed by atoms with van der Waals surface area (Å²) in [6.07, 6.45) is 5.50. The van der Waals surface area contributed by atoms with Crippen molar-refractivity contribution in [2.75, 3.05) is 18.0 Å². The normalized spacial score (nSPS) is 21.4. The summed E-state index contributed by atoms with van der Waals surface area (Å²) in [4.78, 5) is 6.76. The molecule has 0 aliphatic carbocycles. The van der Waals surface area contributed by atoms with E-state index in [-0.39, 0.29) is 0 Å². The quantitative estimate of drug-likeness (QED) is 0.754. The Bertz CT molecular complexity index is 382. The van der Waals surface area contributed by atoms with Crippen molar-refractivity contribution in [1.29, 1.82) is 0 Å². The molecule has 1 aromatic heterocycles. The number of hydrogen-bond donors (Lipinski definition) is 0. The van der Waals surface area contributed by atoms with Gasteiger partial charge < -0.3 is 4.90 Å². The van der Waals surface area contributed by atoms with Crippen LogP contribution in [0.1, 0.15) is 31.7 Å². The maximum absolute atomic E-state index is 6.03. The Kier molecular flexibility index (Phi) is 4.52. The van der Waals surface area contributed by atoms with Crippen molar-refractivity contribution in [2.24, 2.45) is 5.92 Å². The lowest BCUT2D eigenvalue weighted by Crippen LogP contribution is -2.25. The Morgan fingerprint density at radius 1 is 1.41 bits per heavy atom. The van der Waals surface area contributed by atoms with Crippen molar-refractivity contribution >= 4 is 29.0 Å². The van der Waals surface area contributed by atoms with Gasteiger partial charge >= 0.3 is 0 Å². The first-order valence-corrected chi connectivity index (χ1v) is 7.07. The average Bonchev–Trinajstić information content (AvgIpc) is 2.55. The molecule has 1 aliphatic rings. The third kappa shape index (κ3) is 3.26. The molecule has 2 rings (SSSR count). The predicted octanol–water partition coefficient (Wildman–Crippen LogP) is 4.10. The SMILES string of the molecule is CC1CCCN(c2cc(CCl)c(Cl)cn2)CC1. The number of anilines is 1. The summed E-state index contributed by atoms with van der Waals surface area (Å²) >= 11 is 11.9. The highest BCUT2D eigenvalue weighted by Crippen LogP contribution is 2.25. The molecule has 0 spiro atoms. The smallest absolute Gasteiger partial charge is 0.128 e. The van der Waals surface area contributed by atoms with Gasteiger partial charge in [-0.15, -0.1) is 11.6 Å². The molecule has 0 N–H and O–H groups in total. The van der Waals surface area contributed by atoms with E-state index in [1.165, 1.54) is 19.3 Å². The minimum Gasteiger partial charge on any atom is -0.357 e. The van der Waals surface area contributed by atoms with E-state index < -0.39 is 0 Å². The third-order valence-electron chi connectivity index (χ3n) is 3.40. The molecule has 1 unspecified atom stereocenters. The molecule has 94 valence electrons. The minimum atomic E-state index is 0.443. The molecular formula is C13H18Cl2N2. The Morgan fingerprint density at radius 2 is 2.24 bits per heavy atom. The van der Waals surface area contributed by atoms with Gasteiger partial charge in [0.15, 0.2) is 0 Å². The molecule has 0 bridgehead atoms. The van der Waals surface area contributed by atoms with Gasteiger partial charge in [0.25, 0.3) is 0 Å². The van der Waals surface area contributed by atoms with Crippen molar-refractivity contribution in [3.63, 3.8) is 0 Å². The zero-order chi connectivity index (χ0) is 12.3. The fourth-order valence-corrected chi connectivity index (χ4v) is 2.69. The lowest BCUT2D eigenvalue weighted by molar-refractivity contribution is 0.521. The zero-order valence-corrected chi connectivity index (χ0v) is 11.6. The molecular weight excluding hydrogens is 255 g/mol. The molecule has 0 amide bonds. The maximum Gasteiger partial charge on any atom is 0.128 e. The topological polar surface area (TPSA) is 16.1 Å². The molecule has 17 heavy (non-hydrogen) atoms. The standard InChI is InChI=1S/C13H18Cl2N2/c1-10-3-2-5-17(6-4-10)13-7-11(8-14)12(15)9-16-13/h7,9-10H,2-6,8H2,1H3. The van der Waals surface area contributed by atoms with E-state index in [2.05, 4.69) is 16.8 Å². The van der Waals surface area contributed by atoms with Crippen LogP contribution in [0.4, 0.5) is 5.82 Å². The van der Waals surface area contributed by atoms with Gasteiger partial charge in [0, 0.05) is 25.2 Å². The highest BCUT2D eigenvalue weighted by molar-refractivity contribution is 6.32. The van der Waals surface area contributed by atoms with E-state index in [0.717, 1.165) is 30.4 Å². The van der Waals surface area contributed by atoms with E-state index in [1.807, 2.05) is 6.07 Å². The van der Waals surface area contributed by atoms with Crippen LogP contribution in [0.2, 0.25) is 5.02 Å². The highest BCUT2D eigenvalue weighted by Gasteiger charge is 2.15. The first-order valence-electron chi connectivity index (χ1n) is 6.16. The van der Waals surface area contributed by atoms with Crippen molar-refractivity contribution in [3.05, 3.63) is 22.8 Å². The second-order valence-corrected chi connectivity index (χ2v) is 5.47. The number of alkyl halides is 1. The number of nitrogens with zero attached hydrogens (tertiary/aromatic N) is 2. The highest BCUT2D eigenvalue weighted by atomic mass is 35.5. The Hall–Kier alpha value is -0.470. The third-order valence-corrected chi connectivity index (χ3v) is 4.03. The number of halogens is 2. The molecule has 1 aromatic rings. The number of hydrogen-bond acceptors (Lipinski definition) is 2. The van der Waals surface area contributed by atoms with E-state index in [1.54, 1.807) is 6.20 Å². The Balaban J connectivity index is 2.15. The van der Waals surface area contributed by atoms with Crippen molar-refractivity contribution < 1.29 is 0 Å². The summed E-state index contributed by atoms with van der Waals surface area (Å²) < 4.78 is 0. The number of rotatable bonds is 2. The minimum absolute atomic E-state index is 0.443. The van der Waals surface area contributed by atoms with Crippen LogP contribution < -0.4 is 4.90 Å². The molecule has 4 heteroatoms. The summed E-state index contributed by atoms with van der Waals surface area (Å²) in [5.41, 5.74) is 0.968. The summed E-state index contributed by atoms with van der Waals surface area (Å²) in [5.74, 6) is 2.28. The van der Waals surface area contributed by atoms with Crippen molar-refractivity contribution in [3.8, 4) is 0 Å². The van der Waals surface area contributed by atoms with Crippen molar-refractivity contribution in [2.45, 2.75) is 32.1 Å². The molecule has 1 atom stereocenters.